The maximum absolute atomic E-state index is 8.38. The van der Waals surface area contributed by atoms with Crippen molar-refractivity contribution in [1.82, 2.24) is 0 Å². The first-order chi connectivity index (χ1) is 4.88. The zero-order valence-corrected chi connectivity index (χ0v) is 5.28. The van der Waals surface area contributed by atoms with Gasteiger partial charge in [0.25, 0.3) is 0 Å². The smallest absolute Gasteiger partial charge is 0.114 e. The zero-order valence-electron chi connectivity index (χ0n) is 5.28. The van der Waals surface area contributed by atoms with Gasteiger partial charge in [-0.05, 0) is 6.07 Å². The summed E-state index contributed by atoms with van der Waals surface area (Å²) in [5, 5.41) is 8.38. The first-order valence-electron chi connectivity index (χ1n) is 2.79. The number of diazo groups is 1. The maximum Gasteiger partial charge on any atom is 0.400 e. The zero-order chi connectivity index (χ0) is 7.40. The number of rotatable bonds is 0. The van der Waals surface area contributed by atoms with Gasteiger partial charge in [0.05, 0.1) is 0 Å². The van der Waals surface area contributed by atoms with Crippen molar-refractivity contribution in [3.8, 4) is 12.3 Å². The van der Waals surface area contributed by atoms with Crippen LogP contribution in [0, 0.1) is 17.7 Å². The van der Waals surface area contributed by atoms with Crippen LogP contribution < -0.4 is 0 Å². The molecule has 0 fully saturated rings. The number of terminal acetylenes is 1. The summed E-state index contributed by atoms with van der Waals surface area (Å²) >= 11 is 0. The lowest BCUT2D eigenvalue weighted by molar-refractivity contribution is 1.45. The molecule has 1 rings (SSSR count). The topological polar surface area (TPSA) is 28.1 Å². The summed E-state index contributed by atoms with van der Waals surface area (Å²) in [6.45, 7) is 0. The van der Waals surface area contributed by atoms with E-state index in [9.17, 15) is 0 Å². The Balaban J connectivity index is 3.28. The lowest BCUT2D eigenvalue weighted by Gasteiger charge is -1.80. The standard InChI is InChI=1S/C8H5N2/c1-2-7-5-3-4-6-8(7)10-9/h1,3-6H/q+1. The molecular weight excluding hydrogens is 124 g/mol. The molecule has 0 aliphatic rings. The molecule has 1 aromatic rings. The molecule has 0 saturated carbocycles. The monoisotopic (exact) mass is 129 g/mol. The van der Waals surface area contributed by atoms with Crippen molar-refractivity contribution in [2.24, 2.45) is 0 Å². The van der Waals surface area contributed by atoms with E-state index in [4.69, 9.17) is 11.8 Å². The normalized spacial score (nSPS) is 7.80. The summed E-state index contributed by atoms with van der Waals surface area (Å²) in [7, 11) is 0. The molecule has 0 radical (unpaired) electrons. The van der Waals surface area contributed by atoms with Gasteiger partial charge in [-0.15, -0.1) is 6.42 Å². The third-order valence-electron chi connectivity index (χ3n) is 1.17. The fourth-order valence-electron chi connectivity index (χ4n) is 0.683. The highest BCUT2D eigenvalue weighted by molar-refractivity contribution is 5.58. The van der Waals surface area contributed by atoms with Gasteiger partial charge in [0, 0.05) is 6.07 Å². The molecule has 0 aliphatic carbocycles. The van der Waals surface area contributed by atoms with E-state index in [-0.39, 0.29) is 0 Å². The van der Waals surface area contributed by atoms with Crippen LogP contribution in [-0.2, 0) is 0 Å². The molecule has 0 atom stereocenters. The second-order valence-electron chi connectivity index (χ2n) is 1.76. The third kappa shape index (κ3) is 0.962. The van der Waals surface area contributed by atoms with Crippen LogP contribution in [0.1, 0.15) is 5.56 Å². The van der Waals surface area contributed by atoms with E-state index in [1.807, 2.05) is 0 Å². The van der Waals surface area contributed by atoms with Gasteiger partial charge in [0.1, 0.15) is 5.56 Å². The van der Waals surface area contributed by atoms with Crippen LogP contribution in [0.2, 0.25) is 0 Å². The first kappa shape index (κ1) is 6.32. The van der Waals surface area contributed by atoms with Crippen LogP contribution in [-0.4, -0.2) is 0 Å². The predicted molar refractivity (Wildman–Crippen MR) is 39.1 cm³/mol. The fourth-order valence-corrected chi connectivity index (χ4v) is 0.683. The lowest BCUT2D eigenvalue weighted by atomic mass is 10.2. The number of benzene rings is 1. The van der Waals surface area contributed by atoms with Crippen molar-refractivity contribution in [1.29, 1.82) is 5.39 Å². The minimum absolute atomic E-state index is 0.435. The van der Waals surface area contributed by atoms with E-state index in [1.165, 1.54) is 0 Å². The molecule has 0 spiro atoms. The molecule has 10 heavy (non-hydrogen) atoms. The second-order valence-corrected chi connectivity index (χ2v) is 1.76. The summed E-state index contributed by atoms with van der Waals surface area (Å²) in [6, 6.07) is 6.92. The van der Waals surface area contributed by atoms with Crippen molar-refractivity contribution in [2.45, 2.75) is 0 Å². The summed E-state index contributed by atoms with van der Waals surface area (Å²) in [6.07, 6.45) is 5.11. The average molecular weight is 129 g/mol. The summed E-state index contributed by atoms with van der Waals surface area (Å²) in [4.78, 5) is 3.00. The van der Waals surface area contributed by atoms with Crippen LogP contribution in [0.3, 0.4) is 0 Å². The Morgan fingerprint density at radius 2 is 2.10 bits per heavy atom. The SMILES string of the molecule is C#Cc1ccccc1[N+]#N. The molecule has 0 heterocycles. The van der Waals surface area contributed by atoms with Crippen molar-refractivity contribution in [2.75, 3.05) is 0 Å². The molecule has 2 nitrogen and oxygen atoms in total. The van der Waals surface area contributed by atoms with E-state index in [0.717, 1.165) is 0 Å². The van der Waals surface area contributed by atoms with Gasteiger partial charge in [0.15, 0.2) is 4.98 Å². The van der Waals surface area contributed by atoms with E-state index < -0.39 is 0 Å². The number of nitrogens with zero attached hydrogens (tertiary/aromatic N) is 2. The van der Waals surface area contributed by atoms with Crippen molar-refractivity contribution in [3.05, 3.63) is 34.8 Å². The fraction of sp³-hybridized carbons (Fsp3) is 0. The molecular formula is C8H5N2+. The largest absolute Gasteiger partial charge is 0.400 e. The van der Waals surface area contributed by atoms with Crippen LogP contribution in [0.4, 0.5) is 5.69 Å². The molecule has 46 valence electrons. The van der Waals surface area contributed by atoms with E-state index >= 15 is 0 Å². The summed E-state index contributed by atoms with van der Waals surface area (Å²) < 4.78 is 0. The molecule has 0 unspecified atom stereocenters. The predicted octanol–water partition coefficient (Wildman–Crippen LogP) is 2.15. The molecule has 1 aromatic carbocycles. The van der Waals surface area contributed by atoms with Gasteiger partial charge in [-0.2, -0.15) is 0 Å². The van der Waals surface area contributed by atoms with Gasteiger partial charge in [0.2, 0.25) is 5.39 Å². The summed E-state index contributed by atoms with van der Waals surface area (Å²) in [5.41, 5.74) is 1.04. The molecule has 0 amide bonds. The highest BCUT2D eigenvalue weighted by Gasteiger charge is 2.07. The number of hydrogen-bond acceptors (Lipinski definition) is 1. The highest BCUT2D eigenvalue weighted by Crippen LogP contribution is 2.16. The molecule has 0 bridgehead atoms. The van der Waals surface area contributed by atoms with Crippen molar-refractivity contribution < 1.29 is 0 Å². The molecule has 2 heteroatoms. The Morgan fingerprint density at radius 1 is 1.40 bits per heavy atom. The minimum Gasteiger partial charge on any atom is -0.114 e. The van der Waals surface area contributed by atoms with E-state index in [1.54, 1.807) is 24.3 Å². The Labute approximate surface area is 59.1 Å². The number of hydrogen-bond donors (Lipinski definition) is 0. The van der Waals surface area contributed by atoms with Crippen LogP contribution in [0.25, 0.3) is 4.98 Å². The Hall–Kier alpha value is -1.80. The Bertz CT molecular complexity index is 282. The summed E-state index contributed by atoms with van der Waals surface area (Å²) in [5.74, 6) is 2.39. The minimum atomic E-state index is 0.435. The molecule has 0 N–H and O–H groups in total. The average Bonchev–Trinajstić information content (AvgIpc) is 2.04. The Kier molecular flexibility index (Phi) is 1.68. The van der Waals surface area contributed by atoms with Gasteiger partial charge in [-0.25, -0.2) is 0 Å². The van der Waals surface area contributed by atoms with Crippen molar-refractivity contribution >= 4 is 5.69 Å². The van der Waals surface area contributed by atoms with Crippen LogP contribution >= 0.6 is 0 Å². The van der Waals surface area contributed by atoms with E-state index in [2.05, 4.69) is 10.9 Å². The van der Waals surface area contributed by atoms with Gasteiger partial charge < -0.3 is 0 Å². The van der Waals surface area contributed by atoms with Crippen LogP contribution in [0.15, 0.2) is 24.3 Å². The second kappa shape index (κ2) is 2.66. The Morgan fingerprint density at radius 3 is 2.60 bits per heavy atom. The van der Waals surface area contributed by atoms with E-state index in [0.29, 0.717) is 11.3 Å². The molecule has 0 saturated heterocycles. The molecule has 0 aliphatic heterocycles. The molecule has 0 aromatic heterocycles. The third-order valence-corrected chi connectivity index (χ3v) is 1.17. The maximum atomic E-state index is 8.38. The lowest BCUT2D eigenvalue weighted by Crippen LogP contribution is -1.70. The van der Waals surface area contributed by atoms with Crippen LogP contribution in [0.5, 0.6) is 0 Å². The highest BCUT2D eigenvalue weighted by atomic mass is 14.8. The van der Waals surface area contributed by atoms with Crippen molar-refractivity contribution in [3.63, 3.8) is 0 Å². The van der Waals surface area contributed by atoms with Gasteiger partial charge >= 0.3 is 5.69 Å². The van der Waals surface area contributed by atoms with Gasteiger partial charge in [-0.3, -0.25) is 0 Å². The van der Waals surface area contributed by atoms with Gasteiger partial charge in [-0.1, -0.05) is 18.1 Å². The first-order valence-corrected chi connectivity index (χ1v) is 2.79. The quantitative estimate of drug-likeness (QED) is 0.389.